The topological polar surface area (TPSA) is 32.8 Å². The van der Waals surface area contributed by atoms with Crippen LogP contribution in [0.4, 0.5) is 10.1 Å². The molecule has 4 rings (SSSR count). The highest BCUT2D eigenvalue weighted by Crippen LogP contribution is 2.27. The Bertz CT molecular complexity index is 950. The van der Waals surface area contributed by atoms with E-state index >= 15 is 0 Å². The zero-order chi connectivity index (χ0) is 20.9. The molecule has 156 valence electrons. The normalized spacial score (nSPS) is 15.1. The summed E-state index contributed by atoms with van der Waals surface area (Å²) in [6.07, 6.45) is 1.76. The van der Waals surface area contributed by atoms with Crippen LogP contribution in [0.1, 0.15) is 28.8 Å². The van der Waals surface area contributed by atoms with E-state index in [1.165, 1.54) is 17.7 Å². The molecule has 2 aromatic carbocycles. The van der Waals surface area contributed by atoms with E-state index in [0.29, 0.717) is 11.3 Å². The maximum absolute atomic E-state index is 13.5. The Labute approximate surface area is 180 Å². The summed E-state index contributed by atoms with van der Waals surface area (Å²) in [5, 5.41) is 4.29. The molecule has 1 fully saturated rings. The van der Waals surface area contributed by atoms with E-state index in [9.17, 15) is 9.18 Å². The highest BCUT2D eigenvalue weighted by Gasteiger charge is 2.30. The number of carbonyl (C=O) groups is 1. The van der Waals surface area contributed by atoms with Gasteiger partial charge in [0, 0.05) is 36.9 Å². The van der Waals surface area contributed by atoms with Crippen molar-refractivity contribution < 1.29 is 13.9 Å². The number of rotatable bonds is 6. The molecule has 0 unspecified atom stereocenters. The van der Waals surface area contributed by atoms with Crippen molar-refractivity contribution in [2.45, 2.75) is 25.4 Å². The first-order chi connectivity index (χ1) is 14.6. The number of hydrogen-bond donors (Lipinski definition) is 0. The lowest BCUT2D eigenvalue weighted by molar-refractivity contribution is 0.0958. The van der Waals surface area contributed by atoms with Crippen LogP contribution in [-0.4, -0.2) is 37.0 Å². The van der Waals surface area contributed by atoms with Crippen LogP contribution in [0.3, 0.4) is 0 Å². The number of thiophene rings is 1. The molecule has 2 heterocycles. The van der Waals surface area contributed by atoms with Crippen molar-refractivity contribution in [3.8, 4) is 5.75 Å². The molecule has 0 saturated carbocycles. The fraction of sp³-hybridized carbons (Fsp3) is 0.292. The van der Waals surface area contributed by atoms with Gasteiger partial charge in [0.1, 0.15) is 11.6 Å². The molecule has 3 aromatic rings. The van der Waals surface area contributed by atoms with Gasteiger partial charge < -0.3 is 9.64 Å². The third kappa shape index (κ3) is 4.71. The second-order valence-electron chi connectivity index (χ2n) is 7.52. The molecule has 0 spiro atoms. The molecule has 0 bridgehead atoms. The van der Waals surface area contributed by atoms with Gasteiger partial charge in [0.05, 0.1) is 7.11 Å². The lowest BCUT2D eigenvalue weighted by Gasteiger charge is -2.38. The molecular weight excluding hydrogens is 399 g/mol. The minimum Gasteiger partial charge on any atom is -0.497 e. The molecule has 0 radical (unpaired) electrons. The van der Waals surface area contributed by atoms with Gasteiger partial charge >= 0.3 is 0 Å². The summed E-state index contributed by atoms with van der Waals surface area (Å²) in [6, 6.07) is 15.6. The van der Waals surface area contributed by atoms with Crippen LogP contribution in [-0.2, 0) is 6.54 Å². The fourth-order valence-electron chi connectivity index (χ4n) is 3.94. The van der Waals surface area contributed by atoms with Gasteiger partial charge in [-0.2, -0.15) is 11.3 Å². The maximum Gasteiger partial charge on any atom is 0.258 e. The van der Waals surface area contributed by atoms with Gasteiger partial charge in [0.25, 0.3) is 5.91 Å². The zero-order valence-electron chi connectivity index (χ0n) is 17.0. The van der Waals surface area contributed by atoms with E-state index < -0.39 is 0 Å². The summed E-state index contributed by atoms with van der Waals surface area (Å²) in [5.41, 5.74) is 2.66. The second-order valence-corrected chi connectivity index (χ2v) is 8.30. The quantitative estimate of drug-likeness (QED) is 0.545. The number of benzene rings is 2. The van der Waals surface area contributed by atoms with Crippen molar-refractivity contribution in [3.63, 3.8) is 0 Å². The number of anilines is 1. The van der Waals surface area contributed by atoms with Gasteiger partial charge in [-0.15, -0.1) is 0 Å². The smallest absolute Gasteiger partial charge is 0.258 e. The van der Waals surface area contributed by atoms with Crippen molar-refractivity contribution in [2.75, 3.05) is 25.1 Å². The molecule has 4 nitrogen and oxygen atoms in total. The van der Waals surface area contributed by atoms with E-state index in [-0.39, 0.29) is 17.8 Å². The van der Waals surface area contributed by atoms with E-state index in [1.54, 1.807) is 54.8 Å². The van der Waals surface area contributed by atoms with Gasteiger partial charge in [-0.1, -0.05) is 0 Å². The summed E-state index contributed by atoms with van der Waals surface area (Å²) in [7, 11) is 1.60. The highest BCUT2D eigenvalue weighted by molar-refractivity contribution is 7.07. The van der Waals surface area contributed by atoms with Crippen molar-refractivity contribution in [1.82, 2.24) is 4.90 Å². The molecule has 6 heteroatoms. The summed E-state index contributed by atoms with van der Waals surface area (Å²) in [4.78, 5) is 17.7. The van der Waals surface area contributed by atoms with Gasteiger partial charge in [-0.25, -0.2) is 4.39 Å². The van der Waals surface area contributed by atoms with Crippen molar-refractivity contribution in [1.29, 1.82) is 0 Å². The number of hydrogen-bond acceptors (Lipinski definition) is 4. The molecule has 0 atom stereocenters. The molecular formula is C24H25FN2O2S. The lowest BCUT2D eigenvalue weighted by atomic mass is 10.00. The number of halogens is 1. The first-order valence-corrected chi connectivity index (χ1v) is 11.0. The van der Waals surface area contributed by atoms with Crippen LogP contribution < -0.4 is 9.64 Å². The number of ether oxygens (including phenoxy) is 1. The fourth-order valence-corrected chi connectivity index (χ4v) is 4.60. The average Bonchev–Trinajstić information content (AvgIpc) is 3.29. The van der Waals surface area contributed by atoms with Crippen molar-refractivity contribution >= 4 is 22.9 Å². The van der Waals surface area contributed by atoms with Crippen LogP contribution in [0.2, 0.25) is 0 Å². The van der Waals surface area contributed by atoms with E-state index in [1.807, 2.05) is 4.90 Å². The predicted octanol–water partition coefficient (Wildman–Crippen LogP) is 5.21. The van der Waals surface area contributed by atoms with Gasteiger partial charge in [-0.05, 0) is 83.8 Å². The number of likely N-dealkylation sites (tertiary alicyclic amines) is 1. The first kappa shape index (κ1) is 20.6. The molecule has 1 saturated heterocycles. The van der Waals surface area contributed by atoms with E-state index in [4.69, 9.17) is 4.74 Å². The Kier molecular flexibility index (Phi) is 6.45. The van der Waals surface area contributed by atoms with Crippen LogP contribution >= 0.6 is 11.3 Å². The van der Waals surface area contributed by atoms with Gasteiger partial charge in [-0.3, -0.25) is 9.69 Å². The number of amides is 1. The Morgan fingerprint density at radius 3 is 2.40 bits per heavy atom. The monoisotopic (exact) mass is 424 g/mol. The second kappa shape index (κ2) is 9.41. The Balaban J connectivity index is 1.53. The standard InChI is InChI=1S/C24H25FN2O2S/c1-29-23-8-2-19(3-9-23)24(28)27(21-6-4-20(25)5-7-21)22-10-13-26(14-11-22)16-18-12-15-30-17-18/h2-9,12,15,17,22H,10-11,13-14,16H2,1H3. The third-order valence-electron chi connectivity index (χ3n) is 5.57. The number of nitrogens with zero attached hydrogens (tertiary/aromatic N) is 2. The van der Waals surface area contributed by atoms with Gasteiger partial charge in [0.2, 0.25) is 0 Å². The molecule has 0 N–H and O–H groups in total. The van der Waals surface area contributed by atoms with E-state index in [2.05, 4.69) is 21.7 Å². The molecule has 1 aromatic heterocycles. The maximum atomic E-state index is 13.5. The lowest BCUT2D eigenvalue weighted by Crippen LogP contribution is -2.47. The Morgan fingerprint density at radius 2 is 1.80 bits per heavy atom. The van der Waals surface area contributed by atoms with Gasteiger partial charge in [0.15, 0.2) is 0 Å². The third-order valence-corrected chi connectivity index (χ3v) is 6.30. The summed E-state index contributed by atoms with van der Waals surface area (Å²) in [6.45, 7) is 2.79. The van der Waals surface area contributed by atoms with Crippen LogP contribution in [0, 0.1) is 5.82 Å². The Morgan fingerprint density at radius 1 is 1.10 bits per heavy atom. The van der Waals surface area contributed by atoms with Crippen LogP contribution in [0.5, 0.6) is 5.75 Å². The largest absolute Gasteiger partial charge is 0.497 e. The van der Waals surface area contributed by atoms with Crippen LogP contribution in [0.25, 0.3) is 0 Å². The number of carbonyl (C=O) groups excluding carboxylic acids is 1. The van der Waals surface area contributed by atoms with E-state index in [0.717, 1.165) is 38.2 Å². The highest BCUT2D eigenvalue weighted by atomic mass is 32.1. The van der Waals surface area contributed by atoms with Crippen molar-refractivity contribution in [3.05, 3.63) is 82.3 Å². The van der Waals surface area contributed by atoms with Crippen LogP contribution in [0.15, 0.2) is 65.4 Å². The minimum absolute atomic E-state index is 0.0689. The zero-order valence-corrected chi connectivity index (χ0v) is 17.8. The molecule has 1 aliphatic heterocycles. The summed E-state index contributed by atoms with van der Waals surface area (Å²) in [5.74, 6) is 0.336. The molecule has 0 aliphatic carbocycles. The summed E-state index contributed by atoms with van der Waals surface area (Å²) >= 11 is 1.72. The number of piperidine rings is 1. The molecule has 1 amide bonds. The summed E-state index contributed by atoms with van der Waals surface area (Å²) < 4.78 is 18.7. The minimum atomic E-state index is -0.304. The number of methoxy groups -OCH3 is 1. The van der Waals surface area contributed by atoms with Crippen molar-refractivity contribution in [2.24, 2.45) is 0 Å². The first-order valence-electron chi connectivity index (χ1n) is 10.1. The Hall–Kier alpha value is -2.70. The molecule has 1 aliphatic rings. The predicted molar refractivity (Wildman–Crippen MR) is 119 cm³/mol. The SMILES string of the molecule is COc1ccc(C(=O)N(c2ccc(F)cc2)C2CCN(Cc3ccsc3)CC2)cc1. The average molecular weight is 425 g/mol. The molecule has 30 heavy (non-hydrogen) atoms.